The molecule has 0 aliphatic heterocycles. The molecule has 24 heavy (non-hydrogen) atoms. The van der Waals surface area contributed by atoms with Gasteiger partial charge in [-0.05, 0) is 43.9 Å². The molecule has 0 bridgehead atoms. The lowest BCUT2D eigenvalue weighted by molar-refractivity contribution is 0.283. The summed E-state index contributed by atoms with van der Waals surface area (Å²) in [5.41, 5.74) is 1.67. The van der Waals surface area contributed by atoms with Crippen LogP contribution in [0.5, 0.6) is 0 Å². The molecule has 0 saturated heterocycles. The van der Waals surface area contributed by atoms with Crippen LogP contribution in [0, 0.1) is 0 Å². The first-order valence-corrected chi connectivity index (χ1v) is 17.4. The van der Waals surface area contributed by atoms with E-state index in [9.17, 15) is 0 Å². The molecule has 2 aliphatic carbocycles. The van der Waals surface area contributed by atoms with Gasteiger partial charge in [0.1, 0.15) is 8.07 Å². The Bertz CT molecular complexity index is 652. The molecule has 0 spiro atoms. The van der Waals surface area contributed by atoms with Gasteiger partial charge < -0.3 is 4.43 Å². The highest BCUT2D eigenvalue weighted by molar-refractivity contribution is 6.89. The van der Waals surface area contributed by atoms with Crippen molar-refractivity contribution in [3.8, 4) is 0 Å². The minimum atomic E-state index is -1.72. The van der Waals surface area contributed by atoms with E-state index in [1.807, 2.05) is 0 Å². The van der Waals surface area contributed by atoms with E-state index in [1.165, 1.54) is 21.2 Å². The molecule has 2 aliphatic rings. The fourth-order valence-electron chi connectivity index (χ4n) is 3.44. The zero-order chi connectivity index (χ0) is 18.3. The van der Waals surface area contributed by atoms with Crippen LogP contribution in [0.4, 0.5) is 0 Å². The summed E-state index contributed by atoms with van der Waals surface area (Å²) >= 11 is 13.1. The third kappa shape index (κ3) is 4.46. The summed E-state index contributed by atoms with van der Waals surface area (Å²) in [5, 5.41) is 6.47. The fourth-order valence-corrected chi connectivity index (χ4v) is 13.0. The van der Waals surface area contributed by atoms with Crippen molar-refractivity contribution in [2.24, 2.45) is 0 Å². The first-order valence-electron chi connectivity index (χ1n) is 8.74. The minimum absolute atomic E-state index is 0.312. The first-order chi connectivity index (χ1) is 10.9. The van der Waals surface area contributed by atoms with Gasteiger partial charge in [0.05, 0.1) is 9.52 Å². The van der Waals surface area contributed by atoms with E-state index in [0.717, 1.165) is 22.9 Å². The second-order valence-corrected chi connectivity index (χ2v) is 20.4. The lowest BCUT2D eigenvalue weighted by atomic mass is 10.3. The Morgan fingerprint density at radius 2 is 1.54 bits per heavy atom. The van der Waals surface area contributed by atoms with Crippen LogP contribution in [-0.4, -0.2) is 31.6 Å². The summed E-state index contributed by atoms with van der Waals surface area (Å²) in [6, 6.07) is 0. The van der Waals surface area contributed by atoms with E-state index in [4.69, 9.17) is 27.6 Å². The predicted octanol–water partition coefficient (Wildman–Crippen LogP) is 5.76. The fraction of sp³-hybridized carbons (Fsp3) is 0.556. The number of hydrogen-bond acceptors (Lipinski definition) is 1. The molecule has 0 aromatic rings. The lowest BCUT2D eigenvalue weighted by Gasteiger charge is -2.37. The molecule has 1 nitrogen and oxygen atoms in total. The lowest BCUT2D eigenvalue weighted by Crippen LogP contribution is -2.49. The largest absolute Gasteiger partial charge is 0.418 e. The highest BCUT2D eigenvalue weighted by Gasteiger charge is 2.39. The molecule has 6 heteroatoms. The van der Waals surface area contributed by atoms with Crippen LogP contribution in [0.2, 0.25) is 32.7 Å². The summed E-state index contributed by atoms with van der Waals surface area (Å²) in [6.45, 7) is 16.1. The van der Waals surface area contributed by atoms with Crippen LogP contribution < -0.4 is 0 Å². The van der Waals surface area contributed by atoms with E-state index in [0.29, 0.717) is 5.73 Å². The van der Waals surface area contributed by atoms with Crippen LogP contribution in [0.1, 0.15) is 26.7 Å². The summed E-state index contributed by atoms with van der Waals surface area (Å²) in [6.07, 6.45) is 6.42. The molecule has 0 N–H and O–H groups in total. The zero-order valence-electron chi connectivity index (χ0n) is 16.0. The zero-order valence-corrected chi connectivity index (χ0v) is 20.9. The molecule has 0 aromatic heterocycles. The average molecular weight is 418 g/mol. The minimum Gasteiger partial charge on any atom is -0.418 e. The first kappa shape index (κ1) is 20.5. The number of allylic oxidation sites excluding steroid dienone is 8. The van der Waals surface area contributed by atoms with Crippen molar-refractivity contribution in [3.05, 3.63) is 43.4 Å². The molecule has 134 valence electrons. The molecule has 0 fully saturated rings. The van der Waals surface area contributed by atoms with E-state index in [-0.39, 0.29) is 0 Å². The maximum Gasteiger partial charge on any atom is 0.183 e. The Labute approximate surface area is 161 Å². The Morgan fingerprint density at radius 3 is 2.04 bits per heavy atom. The van der Waals surface area contributed by atoms with Crippen molar-refractivity contribution in [2.45, 2.75) is 65.2 Å². The molecule has 1 unspecified atom stereocenters. The van der Waals surface area contributed by atoms with Gasteiger partial charge in [0, 0.05) is 28.6 Å². The van der Waals surface area contributed by atoms with Crippen LogP contribution in [-0.2, 0) is 4.43 Å². The average Bonchev–Trinajstić information content (AvgIpc) is 2.95. The van der Waals surface area contributed by atoms with Gasteiger partial charge in [0.2, 0.25) is 0 Å². The summed E-state index contributed by atoms with van der Waals surface area (Å²) in [7, 11) is -3.90. The predicted molar refractivity (Wildman–Crippen MR) is 117 cm³/mol. The Kier molecular flexibility index (Phi) is 6.32. The Balaban J connectivity index is 2.27. The number of halogens is 2. The van der Waals surface area contributed by atoms with Gasteiger partial charge in [0.15, 0.2) is 8.32 Å². The SMILES string of the molecule is CC1=CCC(Cl)=C1[SiH2]C1=C(Cl)CC=C1[Si](C)(C)C(C)O[Si](C)(C)C. The normalized spacial score (nSPS) is 21.2. The van der Waals surface area contributed by atoms with Crippen LogP contribution >= 0.6 is 23.2 Å². The summed E-state index contributed by atoms with van der Waals surface area (Å²) < 4.78 is 6.47. The van der Waals surface area contributed by atoms with Gasteiger partial charge >= 0.3 is 0 Å². The van der Waals surface area contributed by atoms with Crippen LogP contribution in [0.3, 0.4) is 0 Å². The van der Waals surface area contributed by atoms with Crippen molar-refractivity contribution < 1.29 is 4.43 Å². The quantitative estimate of drug-likeness (QED) is 0.499. The monoisotopic (exact) mass is 416 g/mol. The molecule has 0 aromatic carbocycles. The van der Waals surface area contributed by atoms with Gasteiger partial charge in [-0.2, -0.15) is 0 Å². The smallest absolute Gasteiger partial charge is 0.183 e. The van der Waals surface area contributed by atoms with Crippen molar-refractivity contribution in [1.29, 1.82) is 0 Å². The van der Waals surface area contributed by atoms with Gasteiger partial charge in [-0.15, -0.1) is 0 Å². The van der Waals surface area contributed by atoms with Crippen molar-refractivity contribution in [3.63, 3.8) is 0 Å². The second-order valence-electron chi connectivity index (χ2n) is 8.45. The molecule has 0 radical (unpaired) electrons. The van der Waals surface area contributed by atoms with Crippen molar-refractivity contribution >= 4 is 49.1 Å². The van der Waals surface area contributed by atoms with E-state index in [2.05, 4.69) is 58.7 Å². The number of hydrogen-bond donors (Lipinski definition) is 0. The molecule has 1 atom stereocenters. The second kappa shape index (κ2) is 7.41. The standard InChI is InChI=1S/C18H30Cl2OSi3/c1-12-8-9-14(19)17(12)22-18-15(20)10-11-16(18)24(6,7)13(2)21-23(3,4)5/h8,11,13H,9-10,22H2,1-7H3. The highest BCUT2D eigenvalue weighted by atomic mass is 35.5. The van der Waals surface area contributed by atoms with E-state index >= 15 is 0 Å². The van der Waals surface area contributed by atoms with Gasteiger partial charge in [0.25, 0.3) is 0 Å². The summed E-state index contributed by atoms with van der Waals surface area (Å²) in [5.74, 6) is 0. The van der Waals surface area contributed by atoms with E-state index < -0.39 is 25.9 Å². The molecular weight excluding hydrogens is 387 g/mol. The maximum absolute atomic E-state index is 6.66. The molecule has 0 heterocycles. The summed E-state index contributed by atoms with van der Waals surface area (Å²) in [4.78, 5) is 0. The van der Waals surface area contributed by atoms with Gasteiger partial charge in [-0.3, -0.25) is 0 Å². The van der Waals surface area contributed by atoms with Crippen LogP contribution in [0.15, 0.2) is 43.4 Å². The van der Waals surface area contributed by atoms with Crippen molar-refractivity contribution in [2.75, 3.05) is 0 Å². The third-order valence-electron chi connectivity index (χ3n) is 5.12. The molecule has 0 saturated carbocycles. The van der Waals surface area contributed by atoms with Gasteiger partial charge in [-0.1, -0.05) is 59.2 Å². The Morgan fingerprint density at radius 1 is 1.00 bits per heavy atom. The topological polar surface area (TPSA) is 9.23 Å². The number of rotatable bonds is 6. The molecule has 0 amide bonds. The maximum atomic E-state index is 6.66. The van der Waals surface area contributed by atoms with Gasteiger partial charge in [-0.25, -0.2) is 0 Å². The molecule has 2 rings (SSSR count). The van der Waals surface area contributed by atoms with E-state index in [1.54, 1.807) is 0 Å². The van der Waals surface area contributed by atoms with Crippen LogP contribution in [0.25, 0.3) is 0 Å². The molecular formula is C18H30Cl2OSi3. The third-order valence-corrected chi connectivity index (χ3v) is 14.5. The Hall–Kier alpha value is 0.151. The van der Waals surface area contributed by atoms with Crippen molar-refractivity contribution in [1.82, 2.24) is 0 Å². The highest BCUT2D eigenvalue weighted by Crippen LogP contribution is 2.40.